The largest absolute Gasteiger partial charge is 0.497 e. The van der Waals surface area contributed by atoms with Crippen LogP contribution in [0.1, 0.15) is 22.5 Å². The summed E-state index contributed by atoms with van der Waals surface area (Å²) in [6.45, 7) is 4.75. The lowest BCUT2D eigenvalue weighted by molar-refractivity contribution is 0.415. The zero-order valence-electron chi connectivity index (χ0n) is 11.8. The molecule has 0 amide bonds. The van der Waals surface area contributed by atoms with Crippen molar-refractivity contribution < 1.29 is 4.74 Å². The van der Waals surface area contributed by atoms with E-state index in [1.165, 1.54) is 11.3 Å². The Morgan fingerprint density at radius 3 is 2.47 bits per heavy atom. The van der Waals surface area contributed by atoms with Gasteiger partial charge >= 0.3 is 0 Å². The maximum Gasteiger partial charge on any atom is 0.118 e. The van der Waals surface area contributed by atoms with Gasteiger partial charge in [-0.3, -0.25) is 9.67 Å². The van der Waals surface area contributed by atoms with Gasteiger partial charge in [-0.1, -0.05) is 0 Å². The maximum atomic E-state index is 5.12. The normalized spacial score (nSPS) is 11.2. The van der Waals surface area contributed by atoms with Gasteiger partial charge in [-0.15, -0.1) is 0 Å². The first kappa shape index (κ1) is 13.3. The third kappa shape index (κ3) is 3.02. The quantitative estimate of drug-likeness (QED) is 0.790. The lowest BCUT2D eigenvalue weighted by Crippen LogP contribution is -1.93. The fraction of sp³-hybridized carbons (Fsp3) is 0.333. The van der Waals surface area contributed by atoms with Crippen LogP contribution in [0.3, 0.4) is 0 Å². The number of hydrogen-bond acceptors (Lipinski definition) is 3. The monoisotopic (exact) mass is 257 g/mol. The topological polar surface area (TPSA) is 39.4 Å². The Kier molecular flexibility index (Phi) is 4.00. The summed E-state index contributed by atoms with van der Waals surface area (Å²) in [4.78, 5) is 4.48. The Morgan fingerprint density at radius 2 is 1.95 bits per heavy atom. The minimum atomic E-state index is 0.664. The zero-order valence-corrected chi connectivity index (χ0v) is 11.8. The number of hydrogen-bond donors (Lipinski definition) is 0. The number of aryl methyl sites for hydroxylation is 2. The number of methoxy groups -OCH3 is 1. The fourth-order valence-corrected chi connectivity index (χ4v) is 1.98. The van der Waals surface area contributed by atoms with Crippen molar-refractivity contribution in [2.75, 3.05) is 7.11 Å². The summed E-state index contributed by atoms with van der Waals surface area (Å²) >= 11 is 0. The molecule has 0 aliphatic rings. The molecule has 0 spiro atoms. The number of rotatable bonds is 4. The molecule has 4 heteroatoms. The van der Waals surface area contributed by atoms with Crippen LogP contribution in [0.2, 0.25) is 0 Å². The van der Waals surface area contributed by atoms with Gasteiger partial charge < -0.3 is 4.74 Å². The second kappa shape index (κ2) is 5.69. The van der Waals surface area contributed by atoms with Gasteiger partial charge in [-0.2, -0.15) is 5.10 Å². The van der Waals surface area contributed by atoms with E-state index in [0.29, 0.717) is 6.54 Å². The van der Waals surface area contributed by atoms with Crippen LogP contribution in [0.25, 0.3) is 0 Å². The van der Waals surface area contributed by atoms with Crippen LogP contribution in [0, 0.1) is 13.8 Å². The Bertz CT molecular complexity index is 582. The number of nitrogens with zero attached hydrogens (tertiary/aromatic N) is 3. The predicted molar refractivity (Wildman–Crippen MR) is 77.0 cm³/mol. The first-order chi connectivity index (χ1) is 9.11. The average molecular weight is 257 g/mol. The third-order valence-electron chi connectivity index (χ3n) is 3.26. The van der Waals surface area contributed by atoms with E-state index in [-0.39, 0.29) is 0 Å². The van der Waals surface area contributed by atoms with E-state index in [4.69, 9.17) is 4.74 Å². The molecule has 1 aromatic heterocycles. The molecule has 0 N–H and O–H groups in total. The Hall–Kier alpha value is -2.10. The van der Waals surface area contributed by atoms with Crippen molar-refractivity contribution in [1.82, 2.24) is 9.78 Å². The summed E-state index contributed by atoms with van der Waals surface area (Å²) in [6, 6.07) is 7.85. The van der Waals surface area contributed by atoms with Crippen LogP contribution >= 0.6 is 0 Å². The van der Waals surface area contributed by atoms with Gasteiger partial charge in [0, 0.05) is 24.5 Å². The minimum absolute atomic E-state index is 0.664. The molecule has 100 valence electrons. The van der Waals surface area contributed by atoms with Crippen LogP contribution in [0.15, 0.2) is 29.3 Å². The molecule has 4 nitrogen and oxygen atoms in total. The summed E-state index contributed by atoms with van der Waals surface area (Å²) in [7, 11) is 3.62. The van der Waals surface area contributed by atoms with Crippen molar-refractivity contribution in [2.45, 2.75) is 20.4 Å². The number of benzene rings is 1. The van der Waals surface area contributed by atoms with Crippen molar-refractivity contribution in [3.05, 3.63) is 46.8 Å². The smallest absolute Gasteiger partial charge is 0.118 e. The molecule has 2 aromatic rings. The molecule has 0 bridgehead atoms. The fourth-order valence-electron chi connectivity index (χ4n) is 1.98. The molecule has 19 heavy (non-hydrogen) atoms. The third-order valence-corrected chi connectivity index (χ3v) is 3.26. The molecule has 0 radical (unpaired) electrons. The maximum absolute atomic E-state index is 5.12. The Balaban J connectivity index is 2.06. The second-order valence-electron chi connectivity index (χ2n) is 4.52. The van der Waals surface area contributed by atoms with Gasteiger partial charge in [-0.05, 0) is 43.7 Å². The minimum Gasteiger partial charge on any atom is -0.497 e. The van der Waals surface area contributed by atoms with E-state index in [1.807, 2.05) is 49.1 Å². The molecule has 0 unspecified atom stereocenters. The molecule has 0 fully saturated rings. The average Bonchev–Trinajstić information content (AvgIpc) is 2.66. The van der Waals surface area contributed by atoms with Crippen molar-refractivity contribution in [3.8, 4) is 5.75 Å². The van der Waals surface area contributed by atoms with Gasteiger partial charge in [0.1, 0.15) is 5.75 Å². The Labute approximate surface area is 113 Å². The predicted octanol–water partition coefficient (Wildman–Crippen LogP) is 2.66. The molecule has 0 aliphatic carbocycles. The summed E-state index contributed by atoms with van der Waals surface area (Å²) in [5.74, 6) is 0.857. The Morgan fingerprint density at radius 1 is 1.26 bits per heavy atom. The lowest BCUT2D eigenvalue weighted by Gasteiger charge is -1.99. The summed E-state index contributed by atoms with van der Waals surface area (Å²) in [6.07, 6.45) is 1.88. The van der Waals surface area contributed by atoms with E-state index in [9.17, 15) is 0 Å². The summed E-state index contributed by atoms with van der Waals surface area (Å²) in [5.41, 5.74) is 4.49. The molecule has 0 saturated carbocycles. The van der Waals surface area contributed by atoms with Crippen LogP contribution in [-0.4, -0.2) is 23.1 Å². The standard InChI is InChI=1S/C15H19N3O/c1-11-15(12(2)18(3)17-11)10-16-9-13-5-7-14(19-4)8-6-13/h5-9H,10H2,1-4H3. The van der Waals surface area contributed by atoms with E-state index in [2.05, 4.69) is 17.0 Å². The molecular weight excluding hydrogens is 238 g/mol. The summed E-state index contributed by atoms with van der Waals surface area (Å²) < 4.78 is 7.02. The second-order valence-corrected chi connectivity index (χ2v) is 4.52. The molecule has 0 atom stereocenters. The van der Waals surface area contributed by atoms with Crippen LogP contribution in [-0.2, 0) is 13.6 Å². The molecule has 1 heterocycles. The van der Waals surface area contributed by atoms with E-state index in [0.717, 1.165) is 17.0 Å². The van der Waals surface area contributed by atoms with E-state index in [1.54, 1.807) is 7.11 Å². The highest BCUT2D eigenvalue weighted by molar-refractivity contribution is 5.79. The van der Waals surface area contributed by atoms with Crippen molar-refractivity contribution in [1.29, 1.82) is 0 Å². The van der Waals surface area contributed by atoms with Crippen LogP contribution in [0.5, 0.6) is 5.75 Å². The van der Waals surface area contributed by atoms with Crippen molar-refractivity contribution in [2.24, 2.45) is 12.0 Å². The van der Waals surface area contributed by atoms with Gasteiger partial charge in [0.15, 0.2) is 0 Å². The van der Waals surface area contributed by atoms with Crippen molar-refractivity contribution in [3.63, 3.8) is 0 Å². The molecule has 0 saturated heterocycles. The first-order valence-electron chi connectivity index (χ1n) is 6.24. The molecule has 0 aliphatic heterocycles. The first-order valence-corrected chi connectivity index (χ1v) is 6.24. The zero-order chi connectivity index (χ0) is 13.8. The lowest BCUT2D eigenvalue weighted by atomic mass is 10.2. The van der Waals surface area contributed by atoms with Crippen LogP contribution < -0.4 is 4.74 Å². The molecular formula is C15H19N3O. The van der Waals surface area contributed by atoms with Gasteiger partial charge in [0.2, 0.25) is 0 Å². The van der Waals surface area contributed by atoms with Gasteiger partial charge in [0.05, 0.1) is 19.3 Å². The van der Waals surface area contributed by atoms with Crippen molar-refractivity contribution >= 4 is 6.21 Å². The summed E-state index contributed by atoms with van der Waals surface area (Å²) in [5, 5.41) is 4.39. The number of aromatic nitrogens is 2. The van der Waals surface area contributed by atoms with Gasteiger partial charge in [-0.25, -0.2) is 0 Å². The number of ether oxygens (including phenoxy) is 1. The molecule has 2 rings (SSSR count). The molecule has 1 aromatic carbocycles. The highest BCUT2D eigenvalue weighted by Gasteiger charge is 2.07. The van der Waals surface area contributed by atoms with Gasteiger partial charge in [0.25, 0.3) is 0 Å². The van der Waals surface area contributed by atoms with E-state index < -0.39 is 0 Å². The number of aliphatic imine (C=N–C) groups is 1. The SMILES string of the molecule is COc1ccc(C=NCc2c(C)nn(C)c2C)cc1. The highest BCUT2D eigenvalue weighted by atomic mass is 16.5. The van der Waals surface area contributed by atoms with Crippen LogP contribution in [0.4, 0.5) is 0 Å². The van der Waals surface area contributed by atoms with E-state index >= 15 is 0 Å². The highest BCUT2D eigenvalue weighted by Crippen LogP contribution is 2.13.